The number of carboxylic acid groups (broad SMARTS) is 1. The van der Waals surface area contributed by atoms with E-state index >= 15 is 0 Å². The second-order valence-electron chi connectivity index (χ2n) is 8.49. The largest absolute Gasteiger partial charge is 0.486 e. The number of rotatable bonds is 8. The van der Waals surface area contributed by atoms with Crippen LogP contribution in [-0.4, -0.2) is 60.6 Å². The number of carbonyl (C=O) groups excluding carboxylic acids is 3. The van der Waals surface area contributed by atoms with E-state index in [9.17, 15) is 24.3 Å². The van der Waals surface area contributed by atoms with E-state index in [-0.39, 0.29) is 31.2 Å². The van der Waals surface area contributed by atoms with Crippen LogP contribution in [0.5, 0.6) is 11.5 Å². The predicted molar refractivity (Wildman–Crippen MR) is 115 cm³/mol. The smallest absolute Gasteiger partial charge is 0.326 e. The van der Waals surface area contributed by atoms with Gasteiger partial charge in [-0.25, -0.2) is 4.79 Å². The summed E-state index contributed by atoms with van der Waals surface area (Å²) in [6, 6.07) is 3.22. The van der Waals surface area contributed by atoms with Crippen LogP contribution in [0.25, 0.3) is 0 Å². The van der Waals surface area contributed by atoms with Crippen molar-refractivity contribution in [2.24, 2.45) is 11.8 Å². The van der Waals surface area contributed by atoms with E-state index in [0.717, 1.165) is 0 Å². The standard InChI is InChI=1S/C22H29N3O7/c1-12(2)8-16(22(29)30)24-20(27)13(3)23-21(28)14-9-19(26)25(11-14)15-4-5-17-18(10-15)32-7-6-31-17/h4-5,10,12-14,16H,6-9,11H2,1-3H3,(H,23,28)(H,24,27)(H,29,30)/t13-,14-,16-/m0/s1. The maximum absolute atomic E-state index is 12.7. The second-order valence-corrected chi connectivity index (χ2v) is 8.49. The van der Waals surface area contributed by atoms with Crippen molar-refractivity contribution in [1.29, 1.82) is 0 Å². The molecule has 3 rings (SSSR count). The van der Waals surface area contributed by atoms with Gasteiger partial charge in [0.1, 0.15) is 25.3 Å². The highest BCUT2D eigenvalue weighted by Crippen LogP contribution is 2.36. The minimum atomic E-state index is -1.12. The second kappa shape index (κ2) is 9.88. The highest BCUT2D eigenvalue weighted by Gasteiger charge is 2.36. The number of nitrogens with zero attached hydrogens (tertiary/aromatic N) is 1. The van der Waals surface area contributed by atoms with E-state index in [1.165, 1.54) is 11.8 Å². The molecule has 2 aliphatic heterocycles. The van der Waals surface area contributed by atoms with Crippen molar-refractivity contribution in [3.63, 3.8) is 0 Å². The molecule has 0 unspecified atom stereocenters. The van der Waals surface area contributed by atoms with Crippen LogP contribution in [0.1, 0.15) is 33.6 Å². The van der Waals surface area contributed by atoms with Crippen LogP contribution in [0.4, 0.5) is 5.69 Å². The lowest BCUT2D eigenvalue weighted by Gasteiger charge is -2.22. The zero-order chi connectivity index (χ0) is 23.4. The van der Waals surface area contributed by atoms with E-state index in [1.807, 2.05) is 13.8 Å². The van der Waals surface area contributed by atoms with Crippen molar-refractivity contribution in [2.75, 3.05) is 24.7 Å². The number of ether oxygens (including phenoxy) is 2. The molecule has 0 radical (unpaired) electrons. The lowest BCUT2D eigenvalue weighted by Crippen LogP contribution is -2.51. The lowest BCUT2D eigenvalue weighted by atomic mass is 10.0. The molecule has 3 N–H and O–H groups in total. The Hall–Kier alpha value is -3.30. The van der Waals surface area contributed by atoms with Crippen LogP contribution in [0.15, 0.2) is 18.2 Å². The summed E-state index contributed by atoms with van der Waals surface area (Å²) in [5, 5.41) is 14.3. The summed E-state index contributed by atoms with van der Waals surface area (Å²) in [6.45, 7) is 6.26. The van der Waals surface area contributed by atoms with E-state index in [2.05, 4.69) is 10.6 Å². The number of amides is 3. The molecule has 2 heterocycles. The molecule has 10 heteroatoms. The molecule has 1 saturated heterocycles. The van der Waals surface area contributed by atoms with Crippen molar-refractivity contribution in [3.05, 3.63) is 18.2 Å². The molecule has 32 heavy (non-hydrogen) atoms. The van der Waals surface area contributed by atoms with Gasteiger partial charge in [0.15, 0.2) is 11.5 Å². The highest BCUT2D eigenvalue weighted by atomic mass is 16.6. The Morgan fingerprint density at radius 1 is 1.12 bits per heavy atom. The Balaban J connectivity index is 1.58. The highest BCUT2D eigenvalue weighted by molar-refractivity contribution is 6.01. The lowest BCUT2D eigenvalue weighted by molar-refractivity contribution is -0.142. The quantitative estimate of drug-likeness (QED) is 0.540. The SMILES string of the molecule is CC(C)C[C@H](NC(=O)[C@H](C)NC(=O)[C@H]1CC(=O)N(c2ccc3c(c2)OCCO3)C1)C(=O)O. The van der Waals surface area contributed by atoms with Gasteiger partial charge in [0, 0.05) is 24.7 Å². The molecular formula is C22H29N3O7. The molecule has 1 fully saturated rings. The molecule has 1 aromatic rings. The maximum atomic E-state index is 12.7. The molecule has 0 aliphatic carbocycles. The van der Waals surface area contributed by atoms with E-state index in [4.69, 9.17) is 9.47 Å². The summed E-state index contributed by atoms with van der Waals surface area (Å²) >= 11 is 0. The van der Waals surface area contributed by atoms with Gasteiger partial charge in [0.2, 0.25) is 17.7 Å². The minimum absolute atomic E-state index is 0.0136. The molecule has 0 spiro atoms. The topological polar surface area (TPSA) is 134 Å². The molecule has 3 amide bonds. The number of hydrogen-bond acceptors (Lipinski definition) is 6. The fourth-order valence-electron chi connectivity index (χ4n) is 3.72. The number of nitrogens with one attached hydrogen (secondary N) is 2. The average molecular weight is 447 g/mol. The summed E-state index contributed by atoms with van der Waals surface area (Å²) in [4.78, 5) is 50.5. The van der Waals surface area contributed by atoms with Gasteiger partial charge in [0.25, 0.3) is 0 Å². The van der Waals surface area contributed by atoms with E-state index in [0.29, 0.717) is 30.4 Å². The van der Waals surface area contributed by atoms with Crippen molar-refractivity contribution in [1.82, 2.24) is 10.6 Å². The summed E-state index contributed by atoms with van der Waals surface area (Å²) in [6.07, 6.45) is 0.295. The van der Waals surface area contributed by atoms with Gasteiger partial charge in [-0.3, -0.25) is 14.4 Å². The van der Waals surface area contributed by atoms with Crippen molar-refractivity contribution in [2.45, 2.75) is 45.7 Å². The number of carboxylic acids is 1. The fourth-order valence-corrected chi connectivity index (χ4v) is 3.72. The number of benzene rings is 1. The van der Waals surface area contributed by atoms with Crippen LogP contribution in [0.2, 0.25) is 0 Å². The first kappa shape index (κ1) is 23.4. The van der Waals surface area contributed by atoms with E-state index in [1.54, 1.807) is 18.2 Å². The third-order valence-electron chi connectivity index (χ3n) is 5.41. The zero-order valence-electron chi connectivity index (χ0n) is 18.4. The first-order chi connectivity index (χ1) is 15.2. The number of anilines is 1. The summed E-state index contributed by atoms with van der Waals surface area (Å²) in [7, 11) is 0. The van der Waals surface area contributed by atoms with E-state index < -0.39 is 35.8 Å². The Kier molecular flexibility index (Phi) is 7.22. The first-order valence-electron chi connectivity index (χ1n) is 10.7. The third kappa shape index (κ3) is 5.49. The Labute approximate surface area is 186 Å². The van der Waals surface area contributed by atoms with Gasteiger partial charge >= 0.3 is 5.97 Å². The van der Waals surface area contributed by atoms with Crippen LogP contribution in [0, 0.1) is 11.8 Å². The zero-order valence-corrected chi connectivity index (χ0v) is 18.4. The monoisotopic (exact) mass is 447 g/mol. The summed E-state index contributed by atoms with van der Waals surface area (Å²) < 4.78 is 11.0. The molecule has 174 valence electrons. The fraction of sp³-hybridized carbons (Fsp3) is 0.545. The van der Waals surface area contributed by atoms with Gasteiger partial charge in [-0.05, 0) is 31.4 Å². The van der Waals surface area contributed by atoms with Crippen LogP contribution < -0.4 is 25.0 Å². The Morgan fingerprint density at radius 2 is 1.81 bits per heavy atom. The molecular weight excluding hydrogens is 418 g/mol. The van der Waals surface area contributed by atoms with Gasteiger partial charge in [-0.15, -0.1) is 0 Å². The Morgan fingerprint density at radius 3 is 2.47 bits per heavy atom. The van der Waals surface area contributed by atoms with Crippen LogP contribution >= 0.6 is 0 Å². The molecule has 0 aromatic heterocycles. The molecule has 10 nitrogen and oxygen atoms in total. The molecule has 0 bridgehead atoms. The number of hydrogen-bond donors (Lipinski definition) is 3. The van der Waals surface area contributed by atoms with Crippen molar-refractivity contribution in [3.8, 4) is 11.5 Å². The van der Waals surface area contributed by atoms with Crippen molar-refractivity contribution < 1.29 is 33.8 Å². The Bertz CT molecular complexity index is 902. The maximum Gasteiger partial charge on any atom is 0.326 e. The van der Waals surface area contributed by atoms with Gasteiger partial charge in [-0.1, -0.05) is 13.8 Å². The summed E-state index contributed by atoms with van der Waals surface area (Å²) in [5.74, 6) is -1.73. The summed E-state index contributed by atoms with van der Waals surface area (Å²) in [5.41, 5.74) is 0.610. The molecule has 0 saturated carbocycles. The van der Waals surface area contributed by atoms with Crippen molar-refractivity contribution >= 4 is 29.4 Å². The number of aliphatic carboxylic acids is 1. The molecule has 3 atom stereocenters. The number of carbonyl (C=O) groups is 4. The molecule has 1 aromatic carbocycles. The van der Waals surface area contributed by atoms with Gasteiger partial charge in [-0.2, -0.15) is 0 Å². The van der Waals surface area contributed by atoms with Gasteiger partial charge < -0.3 is 30.1 Å². The van der Waals surface area contributed by atoms with Gasteiger partial charge in [0.05, 0.1) is 5.92 Å². The molecule has 2 aliphatic rings. The minimum Gasteiger partial charge on any atom is -0.486 e. The first-order valence-corrected chi connectivity index (χ1v) is 10.7. The third-order valence-corrected chi connectivity index (χ3v) is 5.41. The predicted octanol–water partition coefficient (Wildman–Crippen LogP) is 0.931. The number of fused-ring (bicyclic) bond motifs is 1. The average Bonchev–Trinajstić information content (AvgIpc) is 3.14. The van der Waals surface area contributed by atoms with Crippen LogP contribution in [-0.2, 0) is 19.2 Å². The van der Waals surface area contributed by atoms with Crippen LogP contribution in [0.3, 0.4) is 0 Å². The normalized spacial score (nSPS) is 19.4.